The van der Waals surface area contributed by atoms with E-state index in [0.717, 1.165) is 29.4 Å². The number of benzene rings is 1. The molecule has 0 saturated carbocycles. The summed E-state index contributed by atoms with van der Waals surface area (Å²) in [4.78, 5) is 20.2. The number of carbonyl (C=O) groups excluding carboxylic acids is 1. The van der Waals surface area contributed by atoms with Crippen molar-refractivity contribution in [3.05, 3.63) is 60.4 Å². The molecule has 0 saturated heterocycles. The molecular weight excluding hydrogens is 324 g/mol. The van der Waals surface area contributed by atoms with Gasteiger partial charge < -0.3 is 9.88 Å². The fraction of sp³-hybridized carbons (Fsp3) is 0.250. The van der Waals surface area contributed by atoms with Gasteiger partial charge in [0.25, 0.3) is 5.91 Å². The summed E-state index contributed by atoms with van der Waals surface area (Å²) in [7, 11) is 0. The Kier molecular flexibility index (Phi) is 5.62. The molecule has 124 valence electrons. The second-order valence-corrected chi connectivity index (χ2v) is 6.15. The van der Waals surface area contributed by atoms with Gasteiger partial charge in [-0.15, -0.1) is 0 Å². The Morgan fingerprint density at radius 3 is 2.88 bits per heavy atom. The number of thioether (sulfide) groups is 1. The Balaban J connectivity index is 1.41. The molecule has 0 bridgehead atoms. The predicted octanol–water partition coefficient (Wildman–Crippen LogP) is 2.11. The molecule has 2 N–H and O–H groups in total. The first-order valence-electron chi connectivity index (χ1n) is 7.62. The zero-order valence-electron chi connectivity index (χ0n) is 13.1. The first kappa shape index (κ1) is 16.3. The SMILES string of the molecule is O=C(NCCCn1ccnc1)c1ccc(CSc2ncn[nH]2)cc1. The van der Waals surface area contributed by atoms with Crippen molar-refractivity contribution in [2.24, 2.45) is 0 Å². The standard InChI is InChI=1S/C16H18N6OS/c23-15(18-6-1-8-22-9-7-17-12-22)14-4-2-13(3-5-14)10-24-16-19-11-20-21-16/h2-5,7,9,11-12H,1,6,8,10H2,(H,18,23)(H,19,20,21). The topological polar surface area (TPSA) is 88.5 Å². The van der Waals surface area contributed by atoms with Crippen LogP contribution in [0.15, 0.2) is 54.5 Å². The molecule has 0 atom stereocenters. The van der Waals surface area contributed by atoms with Crippen molar-refractivity contribution in [2.75, 3.05) is 6.54 Å². The average molecular weight is 342 g/mol. The summed E-state index contributed by atoms with van der Waals surface area (Å²) >= 11 is 1.57. The molecule has 3 aromatic rings. The van der Waals surface area contributed by atoms with Crippen LogP contribution in [-0.4, -0.2) is 37.2 Å². The Morgan fingerprint density at radius 1 is 1.29 bits per heavy atom. The highest BCUT2D eigenvalue weighted by Gasteiger charge is 2.05. The fourth-order valence-corrected chi connectivity index (χ4v) is 2.89. The van der Waals surface area contributed by atoms with Crippen molar-refractivity contribution < 1.29 is 4.79 Å². The maximum Gasteiger partial charge on any atom is 0.251 e. The number of aryl methyl sites for hydroxylation is 1. The van der Waals surface area contributed by atoms with Crippen LogP contribution in [0.4, 0.5) is 0 Å². The van der Waals surface area contributed by atoms with E-state index in [9.17, 15) is 4.79 Å². The Bertz CT molecular complexity index is 739. The zero-order chi connectivity index (χ0) is 16.6. The molecule has 0 aliphatic heterocycles. The van der Waals surface area contributed by atoms with Crippen molar-refractivity contribution in [3.8, 4) is 0 Å². The van der Waals surface area contributed by atoms with Gasteiger partial charge in [-0.2, -0.15) is 5.10 Å². The molecule has 0 aliphatic rings. The van der Waals surface area contributed by atoms with Gasteiger partial charge in [0, 0.05) is 36.8 Å². The van der Waals surface area contributed by atoms with Gasteiger partial charge in [-0.1, -0.05) is 23.9 Å². The zero-order valence-corrected chi connectivity index (χ0v) is 13.9. The third-order valence-corrected chi connectivity index (χ3v) is 4.37. The van der Waals surface area contributed by atoms with Crippen molar-refractivity contribution in [1.29, 1.82) is 0 Å². The summed E-state index contributed by atoms with van der Waals surface area (Å²) in [5.41, 5.74) is 1.80. The van der Waals surface area contributed by atoms with E-state index in [-0.39, 0.29) is 5.91 Å². The van der Waals surface area contributed by atoms with Crippen LogP contribution in [-0.2, 0) is 12.3 Å². The maximum absolute atomic E-state index is 12.1. The van der Waals surface area contributed by atoms with E-state index in [2.05, 4.69) is 25.5 Å². The molecule has 8 heteroatoms. The van der Waals surface area contributed by atoms with Gasteiger partial charge in [0.2, 0.25) is 0 Å². The lowest BCUT2D eigenvalue weighted by atomic mass is 10.1. The van der Waals surface area contributed by atoms with E-state index < -0.39 is 0 Å². The van der Waals surface area contributed by atoms with Gasteiger partial charge in [-0.05, 0) is 24.1 Å². The maximum atomic E-state index is 12.1. The van der Waals surface area contributed by atoms with Crippen LogP contribution in [0.3, 0.4) is 0 Å². The minimum atomic E-state index is -0.0462. The van der Waals surface area contributed by atoms with Crippen LogP contribution < -0.4 is 5.32 Å². The van der Waals surface area contributed by atoms with Gasteiger partial charge in [-0.3, -0.25) is 9.89 Å². The summed E-state index contributed by atoms with van der Waals surface area (Å²) in [6.07, 6.45) is 7.80. The summed E-state index contributed by atoms with van der Waals surface area (Å²) < 4.78 is 1.99. The van der Waals surface area contributed by atoms with Gasteiger partial charge in [-0.25, -0.2) is 9.97 Å². The van der Waals surface area contributed by atoms with Gasteiger partial charge in [0.15, 0.2) is 5.16 Å². The number of imidazole rings is 1. The predicted molar refractivity (Wildman–Crippen MR) is 91.6 cm³/mol. The van der Waals surface area contributed by atoms with Crippen LogP contribution in [0.2, 0.25) is 0 Å². The van der Waals surface area contributed by atoms with Crippen LogP contribution in [0.5, 0.6) is 0 Å². The van der Waals surface area contributed by atoms with Crippen molar-refractivity contribution >= 4 is 17.7 Å². The number of amides is 1. The first-order chi connectivity index (χ1) is 11.8. The second-order valence-electron chi connectivity index (χ2n) is 5.19. The van der Waals surface area contributed by atoms with Gasteiger partial charge in [0.1, 0.15) is 6.33 Å². The molecule has 1 aromatic carbocycles. The molecule has 0 spiro atoms. The molecule has 0 unspecified atom stereocenters. The van der Waals surface area contributed by atoms with Crippen LogP contribution in [0.25, 0.3) is 0 Å². The minimum absolute atomic E-state index is 0.0462. The smallest absolute Gasteiger partial charge is 0.251 e. The highest BCUT2D eigenvalue weighted by atomic mass is 32.2. The number of aromatic amines is 1. The number of hydrogen-bond donors (Lipinski definition) is 2. The summed E-state index contributed by atoms with van der Waals surface area (Å²) in [5.74, 6) is 0.734. The molecule has 1 amide bonds. The molecule has 0 aliphatic carbocycles. The van der Waals surface area contributed by atoms with Crippen molar-refractivity contribution in [1.82, 2.24) is 30.0 Å². The Hall–Kier alpha value is -2.61. The number of hydrogen-bond acceptors (Lipinski definition) is 5. The van der Waals surface area contributed by atoms with Crippen LogP contribution in [0.1, 0.15) is 22.3 Å². The Morgan fingerprint density at radius 2 is 2.17 bits per heavy atom. The summed E-state index contributed by atoms with van der Waals surface area (Å²) in [6, 6.07) is 7.62. The quantitative estimate of drug-likeness (QED) is 0.483. The third kappa shape index (κ3) is 4.69. The number of nitrogens with zero attached hydrogens (tertiary/aromatic N) is 4. The molecule has 2 heterocycles. The summed E-state index contributed by atoms with van der Waals surface area (Å²) in [5, 5.41) is 10.3. The fourth-order valence-electron chi connectivity index (χ4n) is 2.15. The van der Waals surface area contributed by atoms with E-state index in [1.165, 1.54) is 6.33 Å². The average Bonchev–Trinajstić information content (AvgIpc) is 3.31. The largest absolute Gasteiger partial charge is 0.352 e. The number of nitrogens with one attached hydrogen (secondary N) is 2. The molecule has 0 radical (unpaired) electrons. The highest BCUT2D eigenvalue weighted by Crippen LogP contribution is 2.18. The van der Waals surface area contributed by atoms with Crippen molar-refractivity contribution in [3.63, 3.8) is 0 Å². The minimum Gasteiger partial charge on any atom is -0.352 e. The Labute approximate surface area is 143 Å². The summed E-state index contributed by atoms with van der Waals surface area (Å²) in [6.45, 7) is 1.48. The highest BCUT2D eigenvalue weighted by molar-refractivity contribution is 7.98. The normalized spacial score (nSPS) is 10.7. The van der Waals surface area contributed by atoms with Crippen LogP contribution in [0, 0.1) is 0 Å². The molecule has 2 aromatic heterocycles. The first-order valence-corrected chi connectivity index (χ1v) is 8.61. The molecule has 0 fully saturated rings. The van der Waals surface area contributed by atoms with Gasteiger partial charge in [0.05, 0.1) is 6.33 Å². The number of rotatable bonds is 8. The van der Waals surface area contributed by atoms with Crippen LogP contribution >= 0.6 is 11.8 Å². The van der Waals surface area contributed by atoms with E-state index >= 15 is 0 Å². The molecular formula is C16H18N6OS. The van der Waals surface area contributed by atoms with E-state index in [1.807, 2.05) is 35.0 Å². The number of carbonyl (C=O) groups is 1. The number of H-pyrrole nitrogens is 1. The number of aromatic nitrogens is 5. The second kappa shape index (κ2) is 8.30. The lowest BCUT2D eigenvalue weighted by Crippen LogP contribution is -2.25. The molecule has 7 nitrogen and oxygen atoms in total. The third-order valence-electron chi connectivity index (χ3n) is 3.42. The van der Waals surface area contributed by atoms with E-state index in [4.69, 9.17) is 0 Å². The molecule has 3 rings (SSSR count). The molecule has 24 heavy (non-hydrogen) atoms. The van der Waals surface area contributed by atoms with E-state index in [0.29, 0.717) is 12.1 Å². The lowest BCUT2D eigenvalue weighted by Gasteiger charge is -2.06. The van der Waals surface area contributed by atoms with E-state index in [1.54, 1.807) is 24.3 Å². The monoisotopic (exact) mass is 342 g/mol. The van der Waals surface area contributed by atoms with Gasteiger partial charge >= 0.3 is 0 Å². The van der Waals surface area contributed by atoms with Crippen molar-refractivity contribution in [2.45, 2.75) is 23.9 Å². The lowest BCUT2D eigenvalue weighted by molar-refractivity contribution is 0.0952.